The smallest absolute Gasteiger partial charge is 0.343 e. The molecule has 1 amide bonds. The van der Waals surface area contributed by atoms with Crippen molar-refractivity contribution in [1.82, 2.24) is 5.43 Å². The Morgan fingerprint density at radius 2 is 1.93 bits per heavy atom. The van der Waals surface area contributed by atoms with Gasteiger partial charge in [-0.2, -0.15) is 5.10 Å². The molecule has 1 N–H and O–H groups in total. The molecule has 136 valence electrons. The number of nitrogens with zero attached hydrogens (tertiary/aromatic N) is 1. The molecule has 0 saturated heterocycles. The van der Waals surface area contributed by atoms with Crippen LogP contribution in [0.15, 0.2) is 75.6 Å². The molecule has 5 nitrogen and oxygen atoms in total. The number of carbonyl (C=O) groups is 2. The minimum atomic E-state index is -0.432. The van der Waals surface area contributed by atoms with E-state index in [1.165, 1.54) is 17.6 Å². The summed E-state index contributed by atoms with van der Waals surface area (Å²) in [5, 5.41) is 5.86. The second-order valence-corrected chi connectivity index (χ2v) is 7.47. The van der Waals surface area contributed by atoms with Gasteiger partial charge in [0, 0.05) is 9.35 Å². The van der Waals surface area contributed by atoms with Crippen molar-refractivity contribution in [2.24, 2.45) is 5.10 Å². The quantitative estimate of drug-likeness (QED) is 0.265. The zero-order valence-corrected chi connectivity index (χ0v) is 16.5. The molecule has 0 spiro atoms. The van der Waals surface area contributed by atoms with Crippen LogP contribution in [0, 0.1) is 0 Å². The summed E-state index contributed by atoms with van der Waals surface area (Å²) < 4.78 is 6.15. The van der Waals surface area contributed by atoms with E-state index in [2.05, 4.69) is 26.5 Å². The molecule has 3 rings (SSSR count). The lowest BCUT2D eigenvalue weighted by atomic mass is 10.2. The highest BCUT2D eigenvalue weighted by atomic mass is 79.9. The first-order valence-corrected chi connectivity index (χ1v) is 9.69. The van der Waals surface area contributed by atoms with Gasteiger partial charge in [-0.3, -0.25) is 4.79 Å². The van der Waals surface area contributed by atoms with Crippen molar-refractivity contribution in [3.05, 3.63) is 86.5 Å². The number of thiophene rings is 1. The summed E-state index contributed by atoms with van der Waals surface area (Å²) in [4.78, 5) is 24.9. The fraction of sp³-hybridized carbons (Fsp3) is 0.0500. The number of hydrogen-bond donors (Lipinski definition) is 1. The molecule has 0 unspecified atom stereocenters. The Morgan fingerprint density at radius 1 is 1.11 bits per heavy atom. The third kappa shape index (κ3) is 5.87. The van der Waals surface area contributed by atoms with E-state index in [-0.39, 0.29) is 5.91 Å². The standard InChI is InChI=1S/C20H15BrN2O3S/c21-16-4-1-3-15(11-16)20(25)26-17-8-6-14(7-9-17)13-22-23-19(24)12-18-5-2-10-27-18/h1-11,13H,12H2,(H,23,24). The molecule has 1 aromatic heterocycles. The van der Waals surface area contributed by atoms with E-state index in [1.54, 1.807) is 42.5 Å². The molecule has 0 radical (unpaired) electrons. The Morgan fingerprint density at radius 3 is 2.63 bits per heavy atom. The van der Waals surface area contributed by atoms with E-state index in [0.29, 0.717) is 17.7 Å². The molecule has 7 heteroatoms. The summed E-state index contributed by atoms with van der Waals surface area (Å²) >= 11 is 4.85. The van der Waals surface area contributed by atoms with Gasteiger partial charge in [0.05, 0.1) is 18.2 Å². The maximum absolute atomic E-state index is 12.1. The number of rotatable bonds is 6. The van der Waals surface area contributed by atoms with Gasteiger partial charge in [0.2, 0.25) is 5.91 Å². The second-order valence-electron chi connectivity index (χ2n) is 5.52. The van der Waals surface area contributed by atoms with Crippen LogP contribution in [0.25, 0.3) is 0 Å². The summed E-state index contributed by atoms with van der Waals surface area (Å²) in [6.07, 6.45) is 1.84. The fourth-order valence-electron chi connectivity index (χ4n) is 2.19. The molecule has 0 aliphatic heterocycles. The first-order valence-electron chi connectivity index (χ1n) is 8.02. The largest absolute Gasteiger partial charge is 0.423 e. The number of esters is 1. The number of halogens is 1. The highest BCUT2D eigenvalue weighted by Crippen LogP contribution is 2.16. The van der Waals surface area contributed by atoms with Gasteiger partial charge < -0.3 is 4.74 Å². The van der Waals surface area contributed by atoms with Crippen LogP contribution in [-0.4, -0.2) is 18.1 Å². The van der Waals surface area contributed by atoms with Crippen LogP contribution >= 0.6 is 27.3 Å². The lowest BCUT2D eigenvalue weighted by Gasteiger charge is -2.05. The molecule has 3 aromatic rings. The lowest BCUT2D eigenvalue weighted by molar-refractivity contribution is -0.120. The first-order chi connectivity index (χ1) is 13.1. The lowest BCUT2D eigenvalue weighted by Crippen LogP contribution is -2.19. The summed E-state index contributed by atoms with van der Waals surface area (Å²) in [5.41, 5.74) is 3.72. The van der Waals surface area contributed by atoms with Crippen molar-refractivity contribution in [3.8, 4) is 5.75 Å². The van der Waals surface area contributed by atoms with Crippen molar-refractivity contribution in [2.45, 2.75) is 6.42 Å². The van der Waals surface area contributed by atoms with Gasteiger partial charge in [0.1, 0.15) is 5.75 Å². The van der Waals surface area contributed by atoms with E-state index in [9.17, 15) is 9.59 Å². The molecule has 0 aliphatic carbocycles. The first kappa shape index (κ1) is 19.0. The predicted octanol–water partition coefficient (Wildman–Crippen LogP) is 4.42. The number of ether oxygens (including phenoxy) is 1. The molecular formula is C20H15BrN2O3S. The van der Waals surface area contributed by atoms with Gasteiger partial charge in [0.25, 0.3) is 0 Å². The van der Waals surface area contributed by atoms with E-state index < -0.39 is 5.97 Å². The number of hydrogen-bond acceptors (Lipinski definition) is 5. The Balaban J connectivity index is 1.52. The van der Waals surface area contributed by atoms with Gasteiger partial charge in [-0.25, -0.2) is 10.2 Å². The van der Waals surface area contributed by atoms with Gasteiger partial charge in [-0.15, -0.1) is 11.3 Å². The fourth-order valence-corrected chi connectivity index (χ4v) is 3.30. The summed E-state index contributed by atoms with van der Waals surface area (Å²) in [7, 11) is 0. The Bertz CT molecular complexity index is 954. The van der Waals surface area contributed by atoms with Crippen LogP contribution in [0.4, 0.5) is 0 Å². The van der Waals surface area contributed by atoms with Gasteiger partial charge in [-0.1, -0.05) is 28.1 Å². The van der Waals surface area contributed by atoms with E-state index in [1.807, 2.05) is 23.6 Å². The van der Waals surface area contributed by atoms with Crippen LogP contribution in [0.1, 0.15) is 20.8 Å². The zero-order chi connectivity index (χ0) is 19.1. The van der Waals surface area contributed by atoms with Crippen LogP contribution in [0.5, 0.6) is 5.75 Å². The normalized spacial score (nSPS) is 10.7. The van der Waals surface area contributed by atoms with Gasteiger partial charge in [-0.05, 0) is 59.5 Å². The summed E-state index contributed by atoms with van der Waals surface area (Å²) in [6, 6.07) is 17.6. The molecule has 27 heavy (non-hydrogen) atoms. The third-order valence-corrected chi connectivity index (χ3v) is 4.84. The SMILES string of the molecule is O=C(Cc1cccs1)NN=Cc1ccc(OC(=O)c2cccc(Br)c2)cc1. The number of carbonyl (C=O) groups excluding carboxylic acids is 2. The minimum absolute atomic E-state index is 0.173. The number of nitrogens with one attached hydrogen (secondary N) is 1. The molecule has 1 heterocycles. The predicted molar refractivity (Wildman–Crippen MR) is 109 cm³/mol. The molecule has 0 saturated carbocycles. The zero-order valence-electron chi connectivity index (χ0n) is 14.1. The van der Waals surface area contributed by atoms with Crippen molar-refractivity contribution >= 4 is 45.4 Å². The van der Waals surface area contributed by atoms with E-state index in [0.717, 1.165) is 14.9 Å². The van der Waals surface area contributed by atoms with E-state index in [4.69, 9.17) is 4.74 Å². The van der Waals surface area contributed by atoms with Crippen LogP contribution in [-0.2, 0) is 11.2 Å². The van der Waals surface area contributed by atoms with Crippen molar-refractivity contribution < 1.29 is 14.3 Å². The van der Waals surface area contributed by atoms with Crippen molar-refractivity contribution in [1.29, 1.82) is 0 Å². The Hall–Kier alpha value is -2.77. The topological polar surface area (TPSA) is 67.8 Å². The monoisotopic (exact) mass is 442 g/mol. The second kappa shape index (κ2) is 9.25. The maximum atomic E-state index is 12.1. The molecular weight excluding hydrogens is 428 g/mol. The maximum Gasteiger partial charge on any atom is 0.343 e. The van der Waals surface area contributed by atoms with Crippen molar-refractivity contribution in [2.75, 3.05) is 0 Å². The molecule has 0 atom stereocenters. The average Bonchev–Trinajstić information content (AvgIpc) is 3.16. The highest BCUT2D eigenvalue weighted by molar-refractivity contribution is 9.10. The Labute approximate surface area is 168 Å². The third-order valence-electron chi connectivity index (χ3n) is 3.47. The summed E-state index contributed by atoms with van der Waals surface area (Å²) in [5.74, 6) is -0.175. The van der Waals surface area contributed by atoms with Crippen LogP contribution in [0.2, 0.25) is 0 Å². The molecule has 2 aromatic carbocycles. The van der Waals surface area contributed by atoms with Gasteiger partial charge >= 0.3 is 5.97 Å². The average molecular weight is 443 g/mol. The van der Waals surface area contributed by atoms with E-state index >= 15 is 0 Å². The molecule has 0 aliphatic rings. The number of amides is 1. The Kier molecular flexibility index (Phi) is 6.51. The number of benzene rings is 2. The van der Waals surface area contributed by atoms with Crippen LogP contribution < -0.4 is 10.2 Å². The minimum Gasteiger partial charge on any atom is -0.423 e. The molecule has 0 fully saturated rings. The molecule has 0 bridgehead atoms. The van der Waals surface area contributed by atoms with Crippen molar-refractivity contribution in [3.63, 3.8) is 0 Å². The highest BCUT2D eigenvalue weighted by Gasteiger charge is 2.08. The summed E-state index contributed by atoms with van der Waals surface area (Å²) in [6.45, 7) is 0. The van der Waals surface area contributed by atoms with Crippen LogP contribution in [0.3, 0.4) is 0 Å². The van der Waals surface area contributed by atoms with Gasteiger partial charge in [0.15, 0.2) is 0 Å². The number of hydrazone groups is 1.